The van der Waals surface area contributed by atoms with E-state index >= 15 is 0 Å². The summed E-state index contributed by atoms with van der Waals surface area (Å²) in [6, 6.07) is 17.2. The maximum atomic E-state index is 2.23. The fourth-order valence-electron chi connectivity index (χ4n) is 1.92. The Labute approximate surface area is 160 Å². The smallest absolute Gasteiger partial charge is 0.213 e. The second-order valence-corrected chi connectivity index (χ2v) is 6.53. The van der Waals surface area contributed by atoms with E-state index in [9.17, 15) is 0 Å². The Morgan fingerprint density at radius 1 is 0.682 bits per heavy atom. The minimum atomic E-state index is 0. The molecule has 0 fully saturated rings. The summed E-state index contributed by atoms with van der Waals surface area (Å²) < 4.78 is 0. The Bertz CT molecular complexity index is 338. The zero-order valence-electron chi connectivity index (χ0n) is 14.9. The van der Waals surface area contributed by atoms with Crippen LogP contribution in [0.15, 0.2) is 48.5 Å². The SMILES string of the molecule is CCCC[c-]1cccc1.CCCC[c-]1cccc1.C[SiH]C.[Zr+2]. The van der Waals surface area contributed by atoms with E-state index in [1.807, 2.05) is 0 Å². The third-order valence-corrected chi connectivity index (χ3v) is 3.10. The predicted octanol–water partition coefficient (Wildman–Crippen LogP) is 6.01. The van der Waals surface area contributed by atoms with Gasteiger partial charge in [0.15, 0.2) is 0 Å². The van der Waals surface area contributed by atoms with Crippen LogP contribution in [0.5, 0.6) is 0 Å². The minimum Gasteiger partial charge on any atom is -0.213 e. The van der Waals surface area contributed by atoms with Crippen molar-refractivity contribution in [1.82, 2.24) is 0 Å². The maximum absolute atomic E-state index is 2.23. The fourth-order valence-corrected chi connectivity index (χ4v) is 1.92. The van der Waals surface area contributed by atoms with Gasteiger partial charge in [0.25, 0.3) is 0 Å². The number of rotatable bonds is 6. The Morgan fingerprint density at radius 3 is 1.18 bits per heavy atom. The first kappa shape index (κ1) is 24.1. The molecule has 121 valence electrons. The van der Waals surface area contributed by atoms with Crippen LogP contribution in [-0.2, 0) is 39.0 Å². The third kappa shape index (κ3) is 14.7. The van der Waals surface area contributed by atoms with Gasteiger partial charge in [-0.15, -0.1) is 0 Å². The number of unbranched alkanes of at least 4 members (excludes halogenated alkanes) is 2. The van der Waals surface area contributed by atoms with Gasteiger partial charge in [0, 0.05) is 9.52 Å². The molecule has 2 heteroatoms. The van der Waals surface area contributed by atoms with Gasteiger partial charge in [-0.05, 0) is 0 Å². The summed E-state index contributed by atoms with van der Waals surface area (Å²) in [5.74, 6) is 0. The van der Waals surface area contributed by atoms with Gasteiger partial charge in [0.1, 0.15) is 0 Å². The molecule has 0 aliphatic heterocycles. The normalized spacial score (nSPS) is 8.91. The molecule has 2 aromatic rings. The van der Waals surface area contributed by atoms with E-state index in [1.165, 1.54) is 49.7 Å². The Balaban J connectivity index is 0. The summed E-state index contributed by atoms with van der Waals surface area (Å²) in [6.45, 7) is 8.87. The van der Waals surface area contributed by atoms with E-state index in [1.54, 1.807) is 0 Å². The number of hydrogen-bond donors (Lipinski definition) is 0. The Morgan fingerprint density at radius 2 is 0.955 bits per heavy atom. The van der Waals surface area contributed by atoms with Crippen molar-refractivity contribution in [2.45, 2.75) is 65.5 Å². The van der Waals surface area contributed by atoms with E-state index in [-0.39, 0.29) is 26.2 Å². The van der Waals surface area contributed by atoms with Crippen molar-refractivity contribution in [2.75, 3.05) is 0 Å². The monoisotopic (exact) mass is 391 g/mol. The first-order valence-electron chi connectivity index (χ1n) is 8.43. The van der Waals surface area contributed by atoms with Gasteiger partial charge < -0.3 is 0 Å². The van der Waals surface area contributed by atoms with Crippen LogP contribution in [0.4, 0.5) is 0 Å². The standard InChI is InChI=1S/2C9H13.C2H7Si.Zr/c2*1-2-3-6-9-7-4-5-8-9;1-3-2;/h2*4-5,7-8H,2-3,6H2,1H3;3H,1-2H3;/q2*-1;;+2. The predicted molar refractivity (Wildman–Crippen MR) is 100 cm³/mol. The molecule has 1 radical (unpaired) electrons. The molecule has 0 heterocycles. The van der Waals surface area contributed by atoms with Gasteiger partial charge in [-0.3, -0.25) is 0 Å². The molecule has 0 aromatic heterocycles. The van der Waals surface area contributed by atoms with Gasteiger partial charge in [-0.1, -0.05) is 65.5 Å². The molecular weight excluding hydrogens is 360 g/mol. The molecule has 22 heavy (non-hydrogen) atoms. The molecule has 0 unspecified atom stereocenters. The van der Waals surface area contributed by atoms with E-state index in [4.69, 9.17) is 0 Å². The van der Waals surface area contributed by atoms with Crippen molar-refractivity contribution in [3.8, 4) is 0 Å². The van der Waals surface area contributed by atoms with Crippen molar-refractivity contribution in [1.29, 1.82) is 0 Å². The van der Waals surface area contributed by atoms with Gasteiger partial charge in [-0.2, -0.15) is 35.4 Å². The van der Waals surface area contributed by atoms with Crippen LogP contribution in [0, 0.1) is 0 Å². The summed E-state index contributed by atoms with van der Waals surface area (Å²) in [7, 11) is 0.750. The van der Waals surface area contributed by atoms with Gasteiger partial charge in [0.05, 0.1) is 0 Å². The second kappa shape index (κ2) is 18.8. The molecule has 2 aromatic carbocycles. The summed E-state index contributed by atoms with van der Waals surface area (Å²) in [6.07, 6.45) is 7.75. The van der Waals surface area contributed by atoms with Crippen molar-refractivity contribution in [3.63, 3.8) is 0 Å². The Kier molecular flexibility index (Phi) is 20.6. The van der Waals surface area contributed by atoms with E-state index in [2.05, 4.69) is 75.5 Å². The molecule has 0 amide bonds. The largest absolute Gasteiger partial charge is 2.00 e. The van der Waals surface area contributed by atoms with Crippen molar-refractivity contribution >= 4 is 9.52 Å². The summed E-state index contributed by atoms with van der Waals surface area (Å²) in [5, 5.41) is 0. The molecule has 0 aliphatic rings. The minimum absolute atomic E-state index is 0. The molecule has 0 atom stereocenters. The van der Waals surface area contributed by atoms with Crippen molar-refractivity contribution < 1.29 is 26.2 Å². The second-order valence-electron chi connectivity index (χ2n) is 5.37. The molecule has 2 rings (SSSR count). The van der Waals surface area contributed by atoms with Crippen molar-refractivity contribution in [3.05, 3.63) is 59.7 Å². The van der Waals surface area contributed by atoms with Gasteiger partial charge in [0.2, 0.25) is 0 Å². The molecule has 0 aliphatic carbocycles. The van der Waals surface area contributed by atoms with Crippen LogP contribution in [0.3, 0.4) is 0 Å². The van der Waals surface area contributed by atoms with Crippen LogP contribution in [0.2, 0.25) is 13.1 Å². The Hall–Kier alpha value is -0.200. The van der Waals surface area contributed by atoms with E-state index < -0.39 is 0 Å². The van der Waals surface area contributed by atoms with Gasteiger partial charge >= 0.3 is 26.2 Å². The first-order valence-corrected chi connectivity index (χ1v) is 10.7. The molecule has 0 bridgehead atoms. The summed E-state index contributed by atoms with van der Waals surface area (Å²) >= 11 is 0. The van der Waals surface area contributed by atoms with Crippen LogP contribution in [0.1, 0.15) is 50.7 Å². The summed E-state index contributed by atoms with van der Waals surface area (Å²) in [4.78, 5) is 0. The zero-order valence-corrected chi connectivity index (χ0v) is 18.6. The topological polar surface area (TPSA) is 0 Å². The fraction of sp³-hybridized carbons (Fsp3) is 0.500. The third-order valence-electron chi connectivity index (χ3n) is 3.10. The van der Waals surface area contributed by atoms with Crippen LogP contribution >= 0.6 is 0 Å². The average Bonchev–Trinajstić information content (AvgIpc) is 3.18. The zero-order chi connectivity index (χ0) is 15.8. The number of aryl methyl sites for hydroxylation is 2. The first-order chi connectivity index (χ1) is 10.3. The maximum Gasteiger partial charge on any atom is 2.00 e. The molecule has 0 N–H and O–H groups in total. The summed E-state index contributed by atoms with van der Waals surface area (Å²) in [5.41, 5.74) is 2.97. The molecular formula is C20H33SiZr. The molecule has 0 saturated heterocycles. The van der Waals surface area contributed by atoms with Crippen LogP contribution < -0.4 is 0 Å². The van der Waals surface area contributed by atoms with Crippen molar-refractivity contribution in [2.24, 2.45) is 0 Å². The van der Waals surface area contributed by atoms with Gasteiger partial charge in [-0.25, -0.2) is 24.3 Å². The average molecular weight is 393 g/mol. The van der Waals surface area contributed by atoms with E-state index in [0.717, 1.165) is 9.52 Å². The van der Waals surface area contributed by atoms with E-state index in [0.29, 0.717) is 0 Å². The quantitative estimate of drug-likeness (QED) is 0.417. The van der Waals surface area contributed by atoms with Crippen LogP contribution in [0.25, 0.3) is 0 Å². The molecule has 0 spiro atoms. The molecule has 0 saturated carbocycles. The number of hydrogen-bond acceptors (Lipinski definition) is 0. The molecule has 0 nitrogen and oxygen atoms in total. The van der Waals surface area contributed by atoms with Crippen LogP contribution in [-0.4, -0.2) is 9.52 Å².